The summed E-state index contributed by atoms with van der Waals surface area (Å²) < 4.78 is 4.70. The molecule has 0 amide bonds. The molecule has 1 aliphatic carbocycles. The Labute approximate surface area is 34.5 Å². The van der Waals surface area contributed by atoms with Crippen molar-refractivity contribution in [3.63, 3.8) is 0 Å². The van der Waals surface area contributed by atoms with Crippen LogP contribution in [0.4, 0.5) is 0 Å². The molecule has 0 bridgehead atoms. The molecule has 0 N–H and O–H groups in total. The Hall–Kier alpha value is -1.12. The first-order valence-corrected chi connectivity index (χ1v) is 1.66. The Balaban J connectivity index is 3.12. The molecule has 1 heterocycles. The van der Waals surface area contributed by atoms with Crippen LogP contribution < -0.4 is 0 Å². The third-order valence-corrected chi connectivity index (χ3v) is 0.721. The van der Waals surface area contributed by atoms with E-state index in [-0.39, 0.29) is 0 Å². The molecule has 0 unspecified atom stereocenters. The van der Waals surface area contributed by atoms with E-state index in [1.165, 1.54) is 0 Å². The van der Waals surface area contributed by atoms with Crippen molar-refractivity contribution in [2.24, 2.45) is 0 Å². The van der Waals surface area contributed by atoms with Gasteiger partial charge in [0.15, 0.2) is 0 Å². The largest absolute Gasteiger partial charge is 0.430 e. The van der Waals surface area contributed by atoms with Crippen LogP contribution in [0.15, 0.2) is 28.7 Å². The van der Waals surface area contributed by atoms with Gasteiger partial charge < -0.3 is 4.74 Å². The number of rotatable bonds is 0. The van der Waals surface area contributed by atoms with Crippen LogP contribution >= 0.6 is 0 Å². The number of ether oxygens (including phenoxy) is 1. The van der Waals surface area contributed by atoms with Gasteiger partial charge in [-0.05, 0) is 17.2 Å². The van der Waals surface area contributed by atoms with Crippen molar-refractivity contribution in [2.45, 2.75) is 0 Å². The summed E-state index contributed by atoms with van der Waals surface area (Å²) in [6, 6.07) is 0. The molecule has 26 valence electrons. The predicted molar refractivity (Wildman–Crippen MR) is 18.6 cm³/mol. The van der Waals surface area contributed by atoms with E-state index >= 15 is 0 Å². The minimum absolute atomic E-state index is 0.815. The summed E-state index contributed by atoms with van der Waals surface area (Å²) in [5.74, 6) is 1.63. The standard InChI is InChI=1S/C5O/c1-2-4-5(3-1)6-4. The second-order valence-corrected chi connectivity index (χ2v) is 1.14. The summed E-state index contributed by atoms with van der Waals surface area (Å²) in [6.45, 7) is 0. The second kappa shape index (κ2) is 0.408. The Bertz CT molecular complexity index is 207. The lowest BCUT2D eigenvalue weighted by atomic mass is 10.6. The Morgan fingerprint density at radius 3 is 2.00 bits per heavy atom. The monoisotopic (exact) mass is 76.0 g/mol. The quantitative estimate of drug-likeness (QED) is 0.305. The molecule has 2 rings (SSSR count). The van der Waals surface area contributed by atoms with E-state index in [9.17, 15) is 0 Å². The van der Waals surface area contributed by atoms with Gasteiger partial charge >= 0.3 is 0 Å². The number of hydrogen-bond acceptors (Lipinski definition) is 1. The number of hydrogen-bond donors (Lipinski definition) is 0. The molecule has 1 aliphatic heterocycles. The van der Waals surface area contributed by atoms with E-state index in [2.05, 4.69) is 17.2 Å². The van der Waals surface area contributed by atoms with Gasteiger partial charge in [0.1, 0.15) is 0 Å². The zero-order valence-electron chi connectivity index (χ0n) is 2.91. The summed E-state index contributed by atoms with van der Waals surface area (Å²) in [6.07, 6.45) is 0. The van der Waals surface area contributed by atoms with Gasteiger partial charge in [0, 0.05) is 0 Å². The smallest absolute Gasteiger partial charge is 0.231 e. The van der Waals surface area contributed by atoms with E-state index in [4.69, 9.17) is 4.74 Å². The first-order valence-electron chi connectivity index (χ1n) is 1.66. The highest BCUT2D eigenvalue weighted by Crippen LogP contribution is 2.30. The lowest BCUT2D eigenvalue weighted by Crippen LogP contribution is -1.25. The fourth-order valence-electron chi connectivity index (χ4n) is 0.386. The molecule has 1 fully saturated rings. The lowest BCUT2D eigenvalue weighted by molar-refractivity contribution is 0.554. The van der Waals surface area contributed by atoms with E-state index in [1.54, 1.807) is 0 Å². The molecule has 0 radical (unpaired) electrons. The van der Waals surface area contributed by atoms with Crippen LogP contribution in [0, 0.1) is 0 Å². The first kappa shape index (κ1) is 2.12. The molecule has 0 aromatic carbocycles. The first-order chi connectivity index (χ1) is 2.97. The minimum Gasteiger partial charge on any atom is -0.430 e. The fraction of sp³-hybridized carbons (Fsp3) is 0. The summed E-state index contributed by atoms with van der Waals surface area (Å²) in [5.41, 5.74) is 8.00. The van der Waals surface area contributed by atoms with Gasteiger partial charge in [0.25, 0.3) is 0 Å². The Kier molecular flexibility index (Phi) is 0.145. The van der Waals surface area contributed by atoms with Gasteiger partial charge in [0.2, 0.25) is 11.5 Å². The third kappa shape index (κ3) is 0.0860. The maximum absolute atomic E-state index is 4.70. The number of fused-ring (bicyclic) bond motifs is 1. The topological polar surface area (TPSA) is 12.5 Å². The SMILES string of the molecule is C1=C=C2OC2=C=1. The molecule has 0 saturated carbocycles. The molecule has 2 aliphatic rings. The molecule has 0 atom stereocenters. The summed E-state index contributed by atoms with van der Waals surface area (Å²) in [5, 5.41) is 0. The molecule has 0 aromatic rings. The molecule has 0 aromatic heterocycles. The van der Waals surface area contributed by atoms with Crippen molar-refractivity contribution >= 4 is 0 Å². The third-order valence-electron chi connectivity index (χ3n) is 0.721. The van der Waals surface area contributed by atoms with Crippen molar-refractivity contribution < 1.29 is 4.74 Å². The summed E-state index contributed by atoms with van der Waals surface area (Å²) in [4.78, 5) is 0. The lowest BCUT2D eigenvalue weighted by Gasteiger charge is -1.44. The van der Waals surface area contributed by atoms with Crippen molar-refractivity contribution in [2.75, 3.05) is 0 Å². The van der Waals surface area contributed by atoms with E-state index in [1.807, 2.05) is 0 Å². The van der Waals surface area contributed by atoms with E-state index in [0.717, 1.165) is 11.5 Å². The van der Waals surface area contributed by atoms with Crippen molar-refractivity contribution in [1.82, 2.24) is 0 Å². The highest BCUT2D eigenvalue weighted by Gasteiger charge is 2.25. The maximum atomic E-state index is 4.70. The molecule has 1 heteroatoms. The highest BCUT2D eigenvalue weighted by molar-refractivity contribution is 5.36. The highest BCUT2D eigenvalue weighted by atomic mass is 16.6. The zero-order chi connectivity index (χ0) is 3.98. The average Bonchev–Trinajstić information content (AvgIpc) is 2.17. The minimum atomic E-state index is 0.815. The van der Waals surface area contributed by atoms with Crippen LogP contribution in [0.5, 0.6) is 0 Å². The molecular formula is C5O. The normalized spacial score (nSPS) is 18.7. The Morgan fingerprint density at radius 2 is 1.83 bits per heavy atom. The van der Waals surface area contributed by atoms with E-state index in [0.29, 0.717) is 0 Å². The zero-order valence-corrected chi connectivity index (χ0v) is 2.91. The van der Waals surface area contributed by atoms with Crippen LogP contribution in [0.3, 0.4) is 0 Å². The number of epoxide rings is 1. The summed E-state index contributed by atoms with van der Waals surface area (Å²) in [7, 11) is 0. The molecule has 1 saturated heterocycles. The van der Waals surface area contributed by atoms with Gasteiger partial charge in [-0.15, -0.1) is 0 Å². The van der Waals surface area contributed by atoms with Crippen molar-refractivity contribution in [1.29, 1.82) is 0 Å². The van der Waals surface area contributed by atoms with Crippen LogP contribution in [0.1, 0.15) is 0 Å². The van der Waals surface area contributed by atoms with Gasteiger partial charge in [-0.2, -0.15) is 0 Å². The van der Waals surface area contributed by atoms with Crippen molar-refractivity contribution in [3.8, 4) is 0 Å². The molecular weight excluding hydrogens is 76.1 g/mol. The Morgan fingerprint density at radius 1 is 1.17 bits per heavy atom. The van der Waals surface area contributed by atoms with E-state index < -0.39 is 0 Å². The van der Waals surface area contributed by atoms with Crippen LogP contribution in [0.2, 0.25) is 0 Å². The predicted octanol–water partition coefficient (Wildman–Crippen LogP) is 0.707. The van der Waals surface area contributed by atoms with Crippen LogP contribution in [-0.2, 0) is 4.74 Å². The molecule has 1 nitrogen and oxygen atoms in total. The van der Waals surface area contributed by atoms with Gasteiger partial charge in [-0.1, -0.05) is 0 Å². The van der Waals surface area contributed by atoms with Gasteiger partial charge in [0.05, 0.1) is 0 Å². The summed E-state index contributed by atoms with van der Waals surface area (Å²) >= 11 is 0. The van der Waals surface area contributed by atoms with Gasteiger partial charge in [-0.3, -0.25) is 0 Å². The second-order valence-electron chi connectivity index (χ2n) is 1.14. The molecule has 6 heavy (non-hydrogen) atoms. The van der Waals surface area contributed by atoms with Crippen LogP contribution in [-0.4, -0.2) is 0 Å². The fourth-order valence-corrected chi connectivity index (χ4v) is 0.386. The average molecular weight is 76.1 g/mol. The van der Waals surface area contributed by atoms with Gasteiger partial charge in [-0.25, -0.2) is 0 Å². The maximum Gasteiger partial charge on any atom is 0.231 e. The van der Waals surface area contributed by atoms with Crippen LogP contribution in [0.25, 0.3) is 0 Å². The molecule has 0 spiro atoms. The van der Waals surface area contributed by atoms with Crippen molar-refractivity contribution in [3.05, 3.63) is 28.7 Å².